The number of halogens is 1. The lowest BCUT2D eigenvalue weighted by molar-refractivity contribution is 0.0945. The maximum atomic E-state index is 14.1. The highest BCUT2D eigenvalue weighted by molar-refractivity contribution is 5.91. The maximum absolute atomic E-state index is 14.1. The van der Waals surface area contributed by atoms with Crippen LogP contribution in [0.2, 0.25) is 0 Å². The molecule has 0 aromatic carbocycles. The summed E-state index contributed by atoms with van der Waals surface area (Å²) in [6, 6.07) is 1.38. The molecule has 22 heavy (non-hydrogen) atoms. The zero-order valence-electron chi connectivity index (χ0n) is 11.8. The van der Waals surface area contributed by atoms with E-state index in [1.807, 2.05) is 4.90 Å². The monoisotopic (exact) mass is 306 g/mol. The number of amides is 1. The Morgan fingerprint density at radius 1 is 1.36 bits per heavy atom. The molecule has 3 rings (SSSR count). The van der Waals surface area contributed by atoms with Crippen LogP contribution >= 0.6 is 0 Å². The van der Waals surface area contributed by atoms with E-state index in [1.165, 1.54) is 18.7 Å². The first kappa shape index (κ1) is 14.5. The Morgan fingerprint density at radius 3 is 2.86 bits per heavy atom. The van der Waals surface area contributed by atoms with Crippen LogP contribution < -0.4 is 10.2 Å². The lowest BCUT2D eigenvalue weighted by Gasteiger charge is -2.28. The number of nitrogens with zero attached hydrogens (tertiary/aromatic N) is 3. The van der Waals surface area contributed by atoms with E-state index in [0.717, 1.165) is 0 Å². The number of rotatable bonds is 4. The van der Waals surface area contributed by atoms with E-state index in [9.17, 15) is 9.18 Å². The van der Waals surface area contributed by atoms with Gasteiger partial charge in [0.2, 0.25) is 0 Å². The van der Waals surface area contributed by atoms with Gasteiger partial charge in [-0.2, -0.15) is 0 Å². The molecule has 1 aliphatic rings. The van der Waals surface area contributed by atoms with Gasteiger partial charge in [-0.15, -0.1) is 0 Å². The largest absolute Gasteiger partial charge is 0.451 e. The quantitative estimate of drug-likeness (QED) is 0.907. The van der Waals surface area contributed by atoms with Gasteiger partial charge in [-0.25, -0.2) is 14.4 Å². The van der Waals surface area contributed by atoms with Gasteiger partial charge in [0.1, 0.15) is 6.26 Å². The molecule has 0 aliphatic carbocycles. The second-order valence-electron chi connectivity index (χ2n) is 4.80. The summed E-state index contributed by atoms with van der Waals surface area (Å²) in [5, 5.41) is 2.63. The first-order chi connectivity index (χ1) is 10.7. The fourth-order valence-corrected chi connectivity index (χ4v) is 2.17. The van der Waals surface area contributed by atoms with Crippen molar-refractivity contribution in [2.75, 3.05) is 31.2 Å². The number of morpholine rings is 1. The van der Waals surface area contributed by atoms with Crippen molar-refractivity contribution >= 4 is 11.7 Å². The van der Waals surface area contributed by atoms with Crippen LogP contribution in [0.15, 0.2) is 29.3 Å². The number of carbonyl (C=O) groups is 1. The van der Waals surface area contributed by atoms with Crippen molar-refractivity contribution in [3.05, 3.63) is 42.0 Å². The molecule has 3 heterocycles. The highest BCUT2D eigenvalue weighted by atomic mass is 19.1. The summed E-state index contributed by atoms with van der Waals surface area (Å²) in [7, 11) is 0. The minimum atomic E-state index is -0.407. The van der Waals surface area contributed by atoms with E-state index >= 15 is 0 Å². The molecular weight excluding hydrogens is 291 g/mol. The molecule has 8 heteroatoms. The van der Waals surface area contributed by atoms with Gasteiger partial charge in [0.15, 0.2) is 23.7 Å². The van der Waals surface area contributed by atoms with Crippen molar-refractivity contribution in [1.29, 1.82) is 0 Å². The fraction of sp³-hybridized carbons (Fsp3) is 0.357. The topological polar surface area (TPSA) is 80.5 Å². The molecule has 2 aromatic rings. The number of oxazole rings is 1. The molecule has 0 bridgehead atoms. The zero-order valence-corrected chi connectivity index (χ0v) is 11.8. The number of aromatic nitrogens is 2. The van der Waals surface area contributed by atoms with Crippen LogP contribution in [-0.4, -0.2) is 42.2 Å². The molecule has 1 amide bonds. The van der Waals surface area contributed by atoms with Gasteiger partial charge in [0.05, 0.1) is 13.2 Å². The number of pyridine rings is 1. The first-order valence-electron chi connectivity index (χ1n) is 6.87. The second-order valence-corrected chi connectivity index (χ2v) is 4.80. The molecule has 1 aliphatic heterocycles. The number of hydrogen-bond donors (Lipinski definition) is 1. The summed E-state index contributed by atoms with van der Waals surface area (Å²) in [6.45, 7) is 2.53. The Bertz CT molecular complexity index is 642. The molecule has 0 atom stereocenters. The standard InChI is InChI=1S/C14H15FN4O3/c15-11-5-10(7-17-14(20)12-8-22-9-18-12)6-16-13(11)19-1-3-21-4-2-19/h5-6,8-9H,1-4,7H2,(H,17,20). The number of nitrogens with one attached hydrogen (secondary N) is 1. The van der Waals surface area contributed by atoms with E-state index in [-0.39, 0.29) is 18.1 Å². The van der Waals surface area contributed by atoms with Crippen molar-refractivity contribution in [2.24, 2.45) is 0 Å². The third-order valence-electron chi connectivity index (χ3n) is 3.31. The predicted octanol–water partition coefficient (Wildman–Crippen LogP) is 0.975. The summed E-state index contributed by atoms with van der Waals surface area (Å²) < 4.78 is 24.1. The number of ether oxygens (including phenoxy) is 1. The van der Waals surface area contributed by atoms with Crippen molar-refractivity contribution in [1.82, 2.24) is 15.3 Å². The number of hydrogen-bond acceptors (Lipinski definition) is 6. The molecule has 0 spiro atoms. The molecule has 116 valence electrons. The van der Waals surface area contributed by atoms with Crippen LogP contribution in [0.3, 0.4) is 0 Å². The van der Waals surface area contributed by atoms with Crippen molar-refractivity contribution in [3.63, 3.8) is 0 Å². The van der Waals surface area contributed by atoms with Crippen LogP contribution in [0, 0.1) is 5.82 Å². The molecule has 7 nitrogen and oxygen atoms in total. The van der Waals surface area contributed by atoms with Gasteiger partial charge in [0, 0.05) is 25.8 Å². The third kappa shape index (κ3) is 3.22. The molecular formula is C14H15FN4O3. The minimum absolute atomic E-state index is 0.166. The Labute approximate surface area is 126 Å². The average molecular weight is 306 g/mol. The first-order valence-corrected chi connectivity index (χ1v) is 6.87. The molecule has 0 radical (unpaired) electrons. The molecule has 1 N–H and O–H groups in total. The Hall–Kier alpha value is -2.48. The Kier molecular flexibility index (Phi) is 4.29. The van der Waals surface area contributed by atoms with Crippen molar-refractivity contribution in [2.45, 2.75) is 6.54 Å². The maximum Gasteiger partial charge on any atom is 0.273 e. The highest BCUT2D eigenvalue weighted by Crippen LogP contribution is 2.18. The van der Waals surface area contributed by atoms with Crippen LogP contribution in [0.4, 0.5) is 10.2 Å². The summed E-state index contributed by atoms with van der Waals surface area (Å²) in [5.74, 6) is -0.476. The molecule has 0 saturated carbocycles. The van der Waals surface area contributed by atoms with Crippen molar-refractivity contribution in [3.8, 4) is 0 Å². The molecule has 1 fully saturated rings. The second kappa shape index (κ2) is 6.52. The zero-order chi connectivity index (χ0) is 15.4. The van der Waals surface area contributed by atoms with Gasteiger partial charge in [0.25, 0.3) is 5.91 Å². The lowest BCUT2D eigenvalue weighted by Crippen LogP contribution is -2.37. The van der Waals surface area contributed by atoms with E-state index in [2.05, 4.69) is 15.3 Å². The number of anilines is 1. The predicted molar refractivity (Wildman–Crippen MR) is 74.9 cm³/mol. The van der Waals surface area contributed by atoms with E-state index in [0.29, 0.717) is 37.7 Å². The summed E-state index contributed by atoms with van der Waals surface area (Å²) in [6.07, 6.45) is 3.97. The average Bonchev–Trinajstić information content (AvgIpc) is 3.08. The highest BCUT2D eigenvalue weighted by Gasteiger charge is 2.17. The van der Waals surface area contributed by atoms with Gasteiger partial charge in [-0.1, -0.05) is 0 Å². The number of carbonyl (C=O) groups excluding carboxylic acids is 1. The minimum Gasteiger partial charge on any atom is -0.451 e. The van der Waals surface area contributed by atoms with Crippen LogP contribution in [0.1, 0.15) is 16.1 Å². The summed E-state index contributed by atoms with van der Waals surface area (Å²) >= 11 is 0. The smallest absolute Gasteiger partial charge is 0.273 e. The van der Waals surface area contributed by atoms with E-state index in [1.54, 1.807) is 6.20 Å². The van der Waals surface area contributed by atoms with Crippen molar-refractivity contribution < 1.29 is 18.3 Å². The van der Waals surface area contributed by atoms with E-state index < -0.39 is 5.82 Å². The Morgan fingerprint density at radius 2 is 2.18 bits per heavy atom. The van der Waals surface area contributed by atoms with Gasteiger partial charge in [-0.05, 0) is 11.6 Å². The molecule has 1 saturated heterocycles. The van der Waals surface area contributed by atoms with Gasteiger partial charge in [-0.3, -0.25) is 4.79 Å². The molecule has 0 unspecified atom stereocenters. The van der Waals surface area contributed by atoms with Gasteiger partial charge >= 0.3 is 0 Å². The summed E-state index contributed by atoms with van der Waals surface area (Å²) in [4.78, 5) is 21.4. The lowest BCUT2D eigenvalue weighted by atomic mass is 10.2. The van der Waals surface area contributed by atoms with Crippen LogP contribution in [0.25, 0.3) is 0 Å². The third-order valence-corrected chi connectivity index (χ3v) is 3.31. The Balaban J connectivity index is 1.63. The molecule has 2 aromatic heterocycles. The van der Waals surface area contributed by atoms with E-state index in [4.69, 9.17) is 9.15 Å². The normalized spacial score (nSPS) is 14.9. The van der Waals surface area contributed by atoms with Crippen LogP contribution in [-0.2, 0) is 11.3 Å². The van der Waals surface area contributed by atoms with Gasteiger partial charge < -0.3 is 19.4 Å². The summed E-state index contributed by atoms with van der Waals surface area (Å²) in [5.41, 5.74) is 0.754. The fourth-order valence-electron chi connectivity index (χ4n) is 2.17. The van der Waals surface area contributed by atoms with Crippen LogP contribution in [0.5, 0.6) is 0 Å². The SMILES string of the molecule is O=C(NCc1cnc(N2CCOCC2)c(F)c1)c1cocn1.